The first-order chi connectivity index (χ1) is 8.70. The Bertz CT molecular complexity index is 439. The molecule has 0 saturated carbocycles. The van der Waals surface area contributed by atoms with Crippen LogP contribution in [0.4, 0.5) is 9.18 Å². The lowest BCUT2D eigenvalue weighted by atomic mass is 10.2. The first-order valence-electron chi connectivity index (χ1n) is 5.85. The second-order valence-corrected chi connectivity index (χ2v) is 4.04. The van der Waals surface area contributed by atoms with Crippen molar-refractivity contribution < 1.29 is 13.9 Å². The summed E-state index contributed by atoms with van der Waals surface area (Å²) < 4.78 is 18.8. The van der Waals surface area contributed by atoms with Crippen LogP contribution in [0.15, 0.2) is 18.2 Å². The van der Waals surface area contributed by atoms with Crippen LogP contribution in [0.2, 0.25) is 0 Å². The molecule has 0 aromatic heterocycles. The van der Waals surface area contributed by atoms with Gasteiger partial charge in [0.25, 0.3) is 0 Å². The molecule has 1 heterocycles. The lowest BCUT2D eigenvalue weighted by molar-refractivity contribution is 0.201. The normalized spacial score (nSPS) is 14.8. The van der Waals surface area contributed by atoms with Crippen LogP contribution in [-0.4, -0.2) is 37.2 Å². The number of carbonyl (C=O) groups excluding carboxylic acids is 1. The van der Waals surface area contributed by atoms with Gasteiger partial charge in [0.1, 0.15) is 6.61 Å². The van der Waals surface area contributed by atoms with Crippen LogP contribution in [0.5, 0.6) is 5.75 Å². The summed E-state index contributed by atoms with van der Waals surface area (Å²) in [6.07, 6.45) is 0. The van der Waals surface area contributed by atoms with Crippen molar-refractivity contribution in [3.63, 3.8) is 0 Å². The van der Waals surface area contributed by atoms with E-state index in [0.717, 1.165) is 5.56 Å². The minimum Gasteiger partial charge on any atom is -0.489 e. The number of hydrogen-bond acceptors (Lipinski definition) is 3. The van der Waals surface area contributed by atoms with E-state index in [1.165, 1.54) is 6.07 Å². The van der Waals surface area contributed by atoms with Gasteiger partial charge in [0.05, 0.1) is 6.54 Å². The number of nitrogens with two attached hydrogens (primary N) is 1. The first-order valence-corrected chi connectivity index (χ1v) is 5.85. The number of rotatable bonds is 5. The molecule has 0 aliphatic carbocycles. The van der Waals surface area contributed by atoms with Gasteiger partial charge in [-0.1, -0.05) is 6.07 Å². The molecule has 18 heavy (non-hydrogen) atoms. The van der Waals surface area contributed by atoms with Gasteiger partial charge in [0.15, 0.2) is 11.6 Å². The summed E-state index contributed by atoms with van der Waals surface area (Å²) in [6.45, 7) is 2.33. The highest BCUT2D eigenvalue weighted by Crippen LogP contribution is 2.18. The van der Waals surface area contributed by atoms with Crippen LogP contribution in [-0.2, 0) is 6.54 Å². The van der Waals surface area contributed by atoms with E-state index in [1.54, 1.807) is 17.0 Å². The Morgan fingerprint density at radius 2 is 2.33 bits per heavy atom. The third kappa shape index (κ3) is 2.89. The van der Waals surface area contributed by atoms with Crippen LogP contribution in [0.25, 0.3) is 0 Å². The number of amides is 2. The smallest absolute Gasteiger partial charge is 0.317 e. The van der Waals surface area contributed by atoms with Gasteiger partial charge in [-0.15, -0.1) is 0 Å². The van der Waals surface area contributed by atoms with Crippen molar-refractivity contribution in [1.82, 2.24) is 10.2 Å². The number of benzene rings is 1. The van der Waals surface area contributed by atoms with E-state index in [9.17, 15) is 9.18 Å². The van der Waals surface area contributed by atoms with E-state index in [4.69, 9.17) is 10.5 Å². The predicted octanol–water partition coefficient (Wildman–Crippen LogP) is 0.688. The molecule has 0 bridgehead atoms. The second-order valence-electron chi connectivity index (χ2n) is 4.04. The van der Waals surface area contributed by atoms with Crippen LogP contribution < -0.4 is 15.8 Å². The van der Waals surface area contributed by atoms with Crippen molar-refractivity contribution in [2.75, 3.05) is 26.2 Å². The second kappa shape index (κ2) is 5.68. The molecule has 3 N–H and O–H groups in total. The predicted molar refractivity (Wildman–Crippen MR) is 64.8 cm³/mol. The Kier molecular flexibility index (Phi) is 3.99. The standard InChI is InChI=1S/C12H16FN3O2/c13-10-7-9(8-14)1-2-11(10)18-6-5-16-4-3-15-12(16)17/h1-2,7H,3-6,8,14H2,(H,15,17). The van der Waals surface area contributed by atoms with Gasteiger partial charge in [-0.05, 0) is 17.7 Å². The van der Waals surface area contributed by atoms with E-state index in [2.05, 4.69) is 5.32 Å². The van der Waals surface area contributed by atoms with Crippen LogP contribution in [0, 0.1) is 5.82 Å². The van der Waals surface area contributed by atoms with E-state index < -0.39 is 5.82 Å². The maximum atomic E-state index is 13.5. The number of urea groups is 1. The maximum absolute atomic E-state index is 13.5. The molecular weight excluding hydrogens is 237 g/mol. The van der Waals surface area contributed by atoms with Gasteiger partial charge < -0.3 is 20.7 Å². The van der Waals surface area contributed by atoms with Gasteiger partial charge in [0, 0.05) is 19.6 Å². The lowest BCUT2D eigenvalue weighted by Crippen LogP contribution is -2.31. The fraction of sp³-hybridized carbons (Fsp3) is 0.417. The summed E-state index contributed by atoms with van der Waals surface area (Å²) in [5.41, 5.74) is 6.13. The van der Waals surface area contributed by atoms with E-state index in [1.807, 2.05) is 0 Å². The Morgan fingerprint density at radius 3 is 2.94 bits per heavy atom. The molecule has 0 spiro atoms. The third-order valence-corrected chi connectivity index (χ3v) is 2.80. The molecule has 1 aromatic carbocycles. The molecule has 5 nitrogen and oxygen atoms in total. The number of nitrogens with zero attached hydrogens (tertiary/aromatic N) is 1. The molecule has 0 atom stereocenters. The number of hydrogen-bond donors (Lipinski definition) is 2. The van der Waals surface area contributed by atoms with Crippen LogP contribution in [0.3, 0.4) is 0 Å². The van der Waals surface area contributed by atoms with E-state index >= 15 is 0 Å². The average molecular weight is 253 g/mol. The highest BCUT2D eigenvalue weighted by atomic mass is 19.1. The molecule has 0 unspecified atom stereocenters. The van der Waals surface area contributed by atoms with Crippen LogP contribution in [0.1, 0.15) is 5.56 Å². The first kappa shape index (κ1) is 12.6. The van der Waals surface area contributed by atoms with Crippen molar-refractivity contribution in [2.24, 2.45) is 5.73 Å². The molecule has 2 rings (SSSR count). The zero-order chi connectivity index (χ0) is 13.0. The maximum Gasteiger partial charge on any atom is 0.317 e. The minimum absolute atomic E-state index is 0.0995. The molecule has 1 saturated heterocycles. The summed E-state index contributed by atoms with van der Waals surface area (Å²) in [6, 6.07) is 4.54. The van der Waals surface area contributed by atoms with Crippen molar-refractivity contribution in [3.8, 4) is 5.75 Å². The molecule has 2 amide bonds. The van der Waals surface area contributed by atoms with Gasteiger partial charge in [-0.2, -0.15) is 0 Å². The minimum atomic E-state index is -0.427. The summed E-state index contributed by atoms with van der Waals surface area (Å²) >= 11 is 0. The Balaban J connectivity index is 1.84. The van der Waals surface area contributed by atoms with Crippen molar-refractivity contribution >= 4 is 6.03 Å². The summed E-state index contributed by atoms with van der Waals surface area (Å²) in [5, 5.41) is 2.69. The largest absolute Gasteiger partial charge is 0.489 e. The molecule has 1 aliphatic rings. The number of carbonyl (C=O) groups is 1. The van der Waals surface area contributed by atoms with Gasteiger partial charge in [0.2, 0.25) is 0 Å². The summed E-state index contributed by atoms with van der Waals surface area (Å²) in [5.74, 6) is -0.240. The fourth-order valence-electron chi connectivity index (χ4n) is 1.78. The zero-order valence-corrected chi connectivity index (χ0v) is 9.99. The highest BCUT2D eigenvalue weighted by molar-refractivity contribution is 5.76. The van der Waals surface area contributed by atoms with Crippen molar-refractivity contribution in [2.45, 2.75) is 6.54 Å². The number of halogens is 1. The third-order valence-electron chi connectivity index (χ3n) is 2.80. The van der Waals surface area contributed by atoms with Gasteiger partial charge in [-0.3, -0.25) is 0 Å². The highest BCUT2D eigenvalue weighted by Gasteiger charge is 2.18. The van der Waals surface area contributed by atoms with Crippen molar-refractivity contribution in [1.29, 1.82) is 0 Å². The van der Waals surface area contributed by atoms with E-state index in [0.29, 0.717) is 26.2 Å². The molecule has 1 aliphatic heterocycles. The van der Waals surface area contributed by atoms with Gasteiger partial charge in [-0.25, -0.2) is 9.18 Å². The summed E-state index contributed by atoms with van der Waals surface area (Å²) in [7, 11) is 0. The molecular formula is C12H16FN3O2. The molecule has 1 aromatic rings. The monoisotopic (exact) mass is 253 g/mol. The molecule has 0 radical (unpaired) electrons. The van der Waals surface area contributed by atoms with Crippen molar-refractivity contribution in [3.05, 3.63) is 29.6 Å². The Morgan fingerprint density at radius 1 is 1.50 bits per heavy atom. The summed E-state index contributed by atoms with van der Waals surface area (Å²) in [4.78, 5) is 12.9. The average Bonchev–Trinajstić information content (AvgIpc) is 2.77. The quantitative estimate of drug-likeness (QED) is 0.811. The number of ether oxygens (including phenoxy) is 1. The SMILES string of the molecule is NCc1ccc(OCCN2CCNC2=O)c(F)c1. The zero-order valence-electron chi connectivity index (χ0n) is 9.99. The number of nitrogens with one attached hydrogen (secondary N) is 1. The van der Waals surface area contributed by atoms with Crippen LogP contribution >= 0.6 is 0 Å². The topological polar surface area (TPSA) is 67.6 Å². The molecule has 1 fully saturated rings. The molecule has 6 heteroatoms. The lowest BCUT2D eigenvalue weighted by Gasteiger charge is -2.14. The van der Waals surface area contributed by atoms with E-state index in [-0.39, 0.29) is 18.4 Å². The van der Waals surface area contributed by atoms with Gasteiger partial charge >= 0.3 is 6.03 Å². The Hall–Kier alpha value is -1.82. The fourth-order valence-corrected chi connectivity index (χ4v) is 1.78. The molecule has 98 valence electrons. The Labute approximate surface area is 105 Å².